The van der Waals surface area contributed by atoms with Crippen LogP contribution in [-0.2, 0) is 4.57 Å². The number of H-pyrrole nitrogens is 1. The van der Waals surface area contributed by atoms with Crippen LogP contribution in [0.5, 0.6) is 5.75 Å². The first-order valence-electron chi connectivity index (χ1n) is 7.23. The van der Waals surface area contributed by atoms with Crippen LogP contribution in [0.4, 0.5) is 22.0 Å². The molecule has 0 atom stereocenters. The molecule has 0 spiro atoms. The molecule has 3 N–H and O–H groups in total. The van der Waals surface area contributed by atoms with Gasteiger partial charge >= 0.3 is 14.2 Å². The number of hydrogen-bond donors (Lipinski definition) is 3. The molecular formula is C16H8F5NO6P+. The number of esters is 1. The predicted molar refractivity (Wildman–Crippen MR) is 86.9 cm³/mol. The van der Waals surface area contributed by atoms with Gasteiger partial charge in [-0.05, 0) is 24.3 Å². The molecule has 3 rings (SSSR count). The Morgan fingerprint density at radius 2 is 1.48 bits per heavy atom. The zero-order chi connectivity index (χ0) is 21.9. The van der Waals surface area contributed by atoms with Crippen LogP contribution in [0.15, 0.2) is 24.3 Å². The third-order valence-electron chi connectivity index (χ3n) is 3.37. The third kappa shape index (κ3) is 4.80. The second kappa shape index (κ2) is 8.86. The van der Waals surface area contributed by atoms with Crippen molar-refractivity contribution >= 4 is 31.4 Å². The molecule has 0 amide bonds. The molecule has 152 valence electrons. The zero-order valence-electron chi connectivity index (χ0n) is 13.8. The van der Waals surface area contributed by atoms with Crippen LogP contribution >= 0.6 is 8.25 Å². The molecule has 0 aliphatic heterocycles. The van der Waals surface area contributed by atoms with Gasteiger partial charge in [-0.3, -0.25) is 4.79 Å². The van der Waals surface area contributed by atoms with E-state index in [1.165, 1.54) is 24.3 Å². The summed E-state index contributed by atoms with van der Waals surface area (Å²) in [5.41, 5.74) is 0.406. The monoisotopic (exact) mass is 436 g/mol. The van der Waals surface area contributed by atoms with Gasteiger partial charge in [0.05, 0.1) is 0 Å². The van der Waals surface area contributed by atoms with E-state index in [1.54, 1.807) is 0 Å². The second-order valence-corrected chi connectivity index (χ2v) is 5.69. The number of halogens is 5. The van der Waals surface area contributed by atoms with E-state index in [0.717, 1.165) is 0 Å². The van der Waals surface area contributed by atoms with Gasteiger partial charge in [-0.1, -0.05) is 0 Å². The van der Waals surface area contributed by atoms with E-state index in [0.29, 0.717) is 22.8 Å². The SMILES string of the molecule is O=Cc1ccc2[nH]c(C(=O)Oc3c(F)c(F)c(F)c(F)c3F)cc2c1.O=[P+](O)O. The van der Waals surface area contributed by atoms with Gasteiger partial charge in [0.1, 0.15) is 12.0 Å². The summed E-state index contributed by atoms with van der Waals surface area (Å²) >= 11 is 0. The lowest BCUT2D eigenvalue weighted by Crippen LogP contribution is -2.14. The van der Waals surface area contributed by atoms with E-state index in [2.05, 4.69) is 9.72 Å². The molecule has 3 aromatic rings. The quantitative estimate of drug-likeness (QED) is 0.110. The van der Waals surface area contributed by atoms with Crippen LogP contribution in [0.3, 0.4) is 0 Å². The molecule has 2 aromatic carbocycles. The smallest absolute Gasteiger partial charge is 0.415 e. The van der Waals surface area contributed by atoms with Crippen molar-refractivity contribution in [3.05, 3.63) is 64.6 Å². The van der Waals surface area contributed by atoms with Crippen LogP contribution in [0, 0.1) is 29.1 Å². The van der Waals surface area contributed by atoms with Gasteiger partial charge in [0.2, 0.25) is 34.8 Å². The summed E-state index contributed by atoms with van der Waals surface area (Å²) in [5, 5.41) is 0.411. The Bertz CT molecular complexity index is 1100. The zero-order valence-corrected chi connectivity index (χ0v) is 14.6. The van der Waals surface area contributed by atoms with Gasteiger partial charge in [-0.25, -0.2) is 18.0 Å². The maximum atomic E-state index is 13.5. The number of aromatic amines is 1. The molecule has 13 heteroatoms. The van der Waals surface area contributed by atoms with Crippen molar-refractivity contribution in [3.63, 3.8) is 0 Å². The summed E-state index contributed by atoms with van der Waals surface area (Å²) in [6.07, 6.45) is 0.569. The summed E-state index contributed by atoms with van der Waals surface area (Å²) in [5.74, 6) is -14.4. The van der Waals surface area contributed by atoms with E-state index < -0.39 is 49.1 Å². The standard InChI is InChI=1S/C16H6F5NO3.HO3P/c17-10-11(18)13(20)15(14(21)12(10)19)25-16(24)9-4-7-3-6(5-23)1-2-8(7)22-9;1-4(2)3/h1-5,22H;(H-,1,2,3)/p+1. The van der Waals surface area contributed by atoms with Gasteiger partial charge in [0, 0.05) is 21.0 Å². The molecule has 1 aromatic heterocycles. The van der Waals surface area contributed by atoms with E-state index in [-0.39, 0.29) is 5.69 Å². The Labute approximate surface area is 158 Å². The molecule has 0 saturated heterocycles. The number of ether oxygens (including phenoxy) is 1. The minimum atomic E-state index is -2.87. The number of carbonyl (C=O) groups excluding carboxylic acids is 2. The first kappa shape index (κ1) is 22.1. The van der Waals surface area contributed by atoms with Crippen LogP contribution in [0.1, 0.15) is 20.8 Å². The highest BCUT2D eigenvalue weighted by atomic mass is 31.1. The van der Waals surface area contributed by atoms with E-state index in [4.69, 9.17) is 14.4 Å². The number of carbonyl (C=O) groups is 2. The average molecular weight is 436 g/mol. The number of rotatable bonds is 3. The van der Waals surface area contributed by atoms with Crippen molar-refractivity contribution in [1.82, 2.24) is 4.98 Å². The van der Waals surface area contributed by atoms with Crippen LogP contribution in [0.25, 0.3) is 10.9 Å². The largest absolute Gasteiger partial charge is 0.692 e. The first-order chi connectivity index (χ1) is 13.6. The fraction of sp³-hybridized carbons (Fsp3) is 0. The lowest BCUT2D eigenvalue weighted by Gasteiger charge is -2.07. The van der Waals surface area contributed by atoms with Gasteiger partial charge in [-0.15, -0.1) is 9.79 Å². The summed E-state index contributed by atoms with van der Waals surface area (Å²) in [6, 6.07) is 5.55. The summed E-state index contributed by atoms with van der Waals surface area (Å²) in [7, 11) is -2.87. The van der Waals surface area contributed by atoms with Crippen molar-refractivity contribution < 1.29 is 50.6 Å². The number of aldehydes is 1. The van der Waals surface area contributed by atoms with Gasteiger partial charge < -0.3 is 9.72 Å². The fourth-order valence-electron chi connectivity index (χ4n) is 2.16. The van der Waals surface area contributed by atoms with Crippen molar-refractivity contribution in [3.8, 4) is 5.75 Å². The van der Waals surface area contributed by atoms with Crippen molar-refractivity contribution in [2.24, 2.45) is 0 Å². The predicted octanol–water partition coefficient (Wildman–Crippen LogP) is 3.52. The Kier molecular flexibility index (Phi) is 6.75. The number of hydrogen-bond acceptors (Lipinski definition) is 4. The average Bonchev–Trinajstić information content (AvgIpc) is 3.11. The van der Waals surface area contributed by atoms with Crippen LogP contribution < -0.4 is 4.74 Å². The number of fused-ring (bicyclic) bond motifs is 1. The number of nitrogens with one attached hydrogen (secondary N) is 1. The first-order valence-corrected chi connectivity index (χ1v) is 8.39. The van der Waals surface area contributed by atoms with Gasteiger partial charge in [-0.2, -0.15) is 8.78 Å². The Morgan fingerprint density at radius 1 is 0.966 bits per heavy atom. The highest BCUT2D eigenvalue weighted by Gasteiger charge is 2.29. The van der Waals surface area contributed by atoms with E-state index in [1.807, 2.05) is 0 Å². The van der Waals surface area contributed by atoms with E-state index >= 15 is 0 Å². The topological polar surface area (TPSA) is 117 Å². The fourth-order valence-corrected chi connectivity index (χ4v) is 2.16. The molecular weight excluding hydrogens is 428 g/mol. The van der Waals surface area contributed by atoms with Crippen LogP contribution in [-0.4, -0.2) is 27.0 Å². The molecule has 29 heavy (non-hydrogen) atoms. The minimum Gasteiger partial charge on any atom is -0.415 e. The third-order valence-corrected chi connectivity index (χ3v) is 3.37. The molecule has 0 saturated carbocycles. The molecule has 0 unspecified atom stereocenters. The van der Waals surface area contributed by atoms with Gasteiger partial charge in [0.25, 0.3) is 0 Å². The molecule has 1 heterocycles. The summed E-state index contributed by atoms with van der Waals surface area (Å²) in [4.78, 5) is 39.5. The van der Waals surface area contributed by atoms with Crippen molar-refractivity contribution in [1.29, 1.82) is 0 Å². The number of aromatic nitrogens is 1. The molecule has 0 bridgehead atoms. The molecule has 0 aliphatic carbocycles. The number of benzene rings is 2. The lowest BCUT2D eigenvalue weighted by molar-refractivity contribution is 0.0710. The maximum Gasteiger partial charge on any atom is 0.692 e. The second-order valence-electron chi connectivity index (χ2n) is 5.19. The van der Waals surface area contributed by atoms with Gasteiger partial charge in [0.15, 0.2) is 0 Å². The van der Waals surface area contributed by atoms with E-state index in [9.17, 15) is 31.5 Å². The van der Waals surface area contributed by atoms with Crippen molar-refractivity contribution in [2.45, 2.75) is 0 Å². The highest BCUT2D eigenvalue weighted by Crippen LogP contribution is 2.30. The highest BCUT2D eigenvalue weighted by molar-refractivity contribution is 7.30. The Balaban J connectivity index is 0.000000687. The molecule has 7 nitrogen and oxygen atoms in total. The van der Waals surface area contributed by atoms with Crippen LogP contribution in [0.2, 0.25) is 0 Å². The summed E-state index contributed by atoms with van der Waals surface area (Å²) < 4.78 is 79.3. The molecule has 0 fully saturated rings. The molecule has 0 aliphatic rings. The molecule has 0 radical (unpaired) electrons. The van der Waals surface area contributed by atoms with Crippen molar-refractivity contribution in [2.75, 3.05) is 0 Å². The Hall–Kier alpha value is -3.21. The minimum absolute atomic E-state index is 0.304. The maximum absolute atomic E-state index is 13.5. The normalized spacial score (nSPS) is 10.3. The summed E-state index contributed by atoms with van der Waals surface area (Å²) in [6.45, 7) is 0. The Morgan fingerprint density at radius 3 is 2.00 bits per heavy atom. The lowest BCUT2D eigenvalue weighted by atomic mass is 10.2.